The highest BCUT2D eigenvalue weighted by molar-refractivity contribution is 7.80. The minimum Gasteiger partial charge on any atom is -0.328 e. The van der Waals surface area contributed by atoms with Crippen LogP contribution in [0.1, 0.15) is 17.0 Å². The number of hydrogen-bond acceptors (Lipinski definition) is 2. The Hall–Kier alpha value is -3.18. The summed E-state index contributed by atoms with van der Waals surface area (Å²) in [5.41, 5.74) is 7.11. The molecule has 1 aliphatic heterocycles. The molecule has 4 rings (SSSR count). The Kier molecular flexibility index (Phi) is 4.38. The zero-order chi connectivity index (χ0) is 19.0. The predicted octanol–water partition coefficient (Wildman–Crippen LogP) is 4.11. The van der Waals surface area contributed by atoms with Crippen molar-refractivity contribution in [3.05, 3.63) is 83.3 Å². The van der Waals surface area contributed by atoms with Crippen molar-refractivity contribution in [1.29, 1.82) is 0 Å². The van der Waals surface area contributed by atoms with Gasteiger partial charge < -0.3 is 9.88 Å². The van der Waals surface area contributed by atoms with Crippen LogP contribution < -0.4 is 10.6 Å². The molecule has 0 aliphatic carbocycles. The van der Waals surface area contributed by atoms with E-state index in [1.54, 1.807) is 0 Å². The fraction of sp³-hybridized carbons (Fsp3) is 0.0909. The normalized spacial score (nSPS) is 15.1. The van der Waals surface area contributed by atoms with Crippen LogP contribution in [0.3, 0.4) is 0 Å². The second kappa shape index (κ2) is 6.85. The number of aromatic nitrogens is 1. The smallest absolute Gasteiger partial charge is 0.273 e. The monoisotopic (exact) mass is 373 g/mol. The average molecular weight is 373 g/mol. The van der Waals surface area contributed by atoms with Gasteiger partial charge in [0, 0.05) is 17.1 Å². The zero-order valence-corrected chi connectivity index (χ0v) is 15.9. The van der Waals surface area contributed by atoms with E-state index in [4.69, 9.17) is 12.2 Å². The van der Waals surface area contributed by atoms with Gasteiger partial charge >= 0.3 is 0 Å². The van der Waals surface area contributed by atoms with Crippen molar-refractivity contribution in [2.45, 2.75) is 13.8 Å². The van der Waals surface area contributed by atoms with Crippen LogP contribution in [0.2, 0.25) is 0 Å². The number of aryl methyl sites for hydroxylation is 1. The van der Waals surface area contributed by atoms with Gasteiger partial charge in [-0.05, 0) is 67.0 Å². The van der Waals surface area contributed by atoms with E-state index >= 15 is 0 Å². The van der Waals surface area contributed by atoms with E-state index in [1.165, 1.54) is 11.1 Å². The summed E-state index contributed by atoms with van der Waals surface area (Å²) in [6, 6.07) is 20.9. The minimum absolute atomic E-state index is 0.197. The molecule has 0 bridgehead atoms. The van der Waals surface area contributed by atoms with Gasteiger partial charge in [0.15, 0.2) is 5.11 Å². The molecule has 1 fully saturated rings. The Balaban J connectivity index is 1.69. The van der Waals surface area contributed by atoms with Crippen LogP contribution in [0.25, 0.3) is 22.9 Å². The van der Waals surface area contributed by atoms with E-state index < -0.39 is 0 Å². The van der Waals surface area contributed by atoms with Crippen LogP contribution in [-0.4, -0.2) is 15.6 Å². The van der Waals surface area contributed by atoms with E-state index in [0.717, 1.165) is 22.6 Å². The van der Waals surface area contributed by atoms with Gasteiger partial charge in [-0.25, -0.2) is 0 Å². The maximum atomic E-state index is 11.9. The van der Waals surface area contributed by atoms with Crippen molar-refractivity contribution >= 4 is 29.3 Å². The molecule has 134 valence electrons. The Bertz CT molecular complexity index is 1060. The highest BCUT2D eigenvalue weighted by Crippen LogP contribution is 2.25. The average Bonchev–Trinajstić information content (AvgIpc) is 3.13. The lowest BCUT2D eigenvalue weighted by Crippen LogP contribution is -2.21. The quantitative estimate of drug-likeness (QED) is 0.537. The van der Waals surface area contributed by atoms with E-state index in [9.17, 15) is 4.79 Å². The topological polar surface area (TPSA) is 46.1 Å². The van der Waals surface area contributed by atoms with Gasteiger partial charge in [-0.2, -0.15) is 0 Å². The van der Waals surface area contributed by atoms with Crippen LogP contribution in [0.15, 0.2) is 66.4 Å². The van der Waals surface area contributed by atoms with Crippen LogP contribution in [0.4, 0.5) is 0 Å². The molecular formula is C22H19N3OS. The number of benzene rings is 2. The second-order valence-corrected chi connectivity index (χ2v) is 6.95. The Morgan fingerprint density at radius 3 is 2.22 bits per heavy atom. The van der Waals surface area contributed by atoms with Crippen LogP contribution in [0, 0.1) is 13.8 Å². The lowest BCUT2D eigenvalue weighted by molar-refractivity contribution is -0.115. The molecule has 27 heavy (non-hydrogen) atoms. The standard InChI is InChI=1S/C22H19N3OS/c1-14-12-18(13-20-21(26)24-22(27)23-20)15(2)25(14)19-10-8-17(9-11-19)16-6-4-3-5-7-16/h3-13H,1-2H3,(H2,23,24,26,27)/b20-13-. The number of nitrogens with zero attached hydrogens (tertiary/aromatic N) is 1. The number of hydrogen-bond donors (Lipinski definition) is 2. The summed E-state index contributed by atoms with van der Waals surface area (Å²) >= 11 is 4.99. The summed E-state index contributed by atoms with van der Waals surface area (Å²) in [4.78, 5) is 11.9. The first-order valence-electron chi connectivity index (χ1n) is 8.72. The van der Waals surface area contributed by atoms with E-state index in [1.807, 2.05) is 24.3 Å². The molecule has 0 unspecified atom stereocenters. The molecule has 2 aromatic carbocycles. The first-order valence-corrected chi connectivity index (χ1v) is 9.12. The van der Waals surface area contributed by atoms with Gasteiger partial charge in [-0.15, -0.1) is 0 Å². The first kappa shape index (κ1) is 17.2. The number of carbonyl (C=O) groups excluding carboxylic acids is 1. The predicted molar refractivity (Wildman–Crippen MR) is 113 cm³/mol. The van der Waals surface area contributed by atoms with Crippen molar-refractivity contribution in [2.75, 3.05) is 0 Å². The molecule has 0 saturated carbocycles. The lowest BCUT2D eigenvalue weighted by Gasteiger charge is -2.11. The van der Waals surface area contributed by atoms with Crippen molar-refractivity contribution in [1.82, 2.24) is 15.2 Å². The van der Waals surface area contributed by atoms with Gasteiger partial charge in [-0.3, -0.25) is 10.1 Å². The molecule has 1 amide bonds. The van der Waals surface area contributed by atoms with Gasteiger partial charge in [-0.1, -0.05) is 42.5 Å². The third kappa shape index (κ3) is 3.29. The van der Waals surface area contributed by atoms with Gasteiger partial charge in [0.05, 0.1) is 0 Å². The van der Waals surface area contributed by atoms with Gasteiger partial charge in [0.25, 0.3) is 5.91 Å². The molecule has 2 N–H and O–H groups in total. The Morgan fingerprint density at radius 1 is 0.926 bits per heavy atom. The molecule has 1 aliphatic rings. The molecule has 5 heteroatoms. The number of nitrogens with one attached hydrogen (secondary N) is 2. The van der Waals surface area contributed by atoms with Crippen LogP contribution in [-0.2, 0) is 4.79 Å². The molecule has 0 spiro atoms. The third-order valence-corrected chi connectivity index (χ3v) is 4.93. The summed E-state index contributed by atoms with van der Waals surface area (Å²) in [6.45, 7) is 4.11. The third-order valence-electron chi connectivity index (χ3n) is 4.72. The number of thiocarbonyl (C=S) groups is 1. The van der Waals surface area contributed by atoms with Gasteiger partial charge in [0.2, 0.25) is 0 Å². The number of amides is 1. The Morgan fingerprint density at radius 2 is 1.59 bits per heavy atom. The molecular weight excluding hydrogens is 354 g/mol. The van der Waals surface area contributed by atoms with E-state index in [0.29, 0.717) is 10.8 Å². The van der Waals surface area contributed by atoms with Crippen molar-refractivity contribution < 1.29 is 4.79 Å². The first-order chi connectivity index (χ1) is 13.0. The maximum Gasteiger partial charge on any atom is 0.273 e. The van der Waals surface area contributed by atoms with Crippen LogP contribution >= 0.6 is 12.2 Å². The molecule has 0 radical (unpaired) electrons. The zero-order valence-electron chi connectivity index (χ0n) is 15.1. The Labute approximate surface area is 163 Å². The molecule has 1 aromatic heterocycles. The molecule has 2 heterocycles. The SMILES string of the molecule is Cc1cc(/C=C2\NC(=S)NC2=O)c(C)n1-c1ccc(-c2ccccc2)cc1. The number of carbonyl (C=O) groups is 1. The highest BCUT2D eigenvalue weighted by Gasteiger charge is 2.21. The molecule has 3 aromatic rings. The summed E-state index contributed by atoms with van der Waals surface area (Å²) in [6.07, 6.45) is 1.84. The maximum absolute atomic E-state index is 11.9. The second-order valence-electron chi connectivity index (χ2n) is 6.54. The molecule has 4 nitrogen and oxygen atoms in total. The van der Waals surface area contributed by atoms with E-state index in [2.05, 4.69) is 71.5 Å². The van der Waals surface area contributed by atoms with Gasteiger partial charge in [0.1, 0.15) is 5.70 Å². The minimum atomic E-state index is -0.197. The highest BCUT2D eigenvalue weighted by atomic mass is 32.1. The summed E-state index contributed by atoms with van der Waals surface area (Å²) in [5, 5.41) is 5.83. The number of rotatable bonds is 3. The van der Waals surface area contributed by atoms with Crippen LogP contribution in [0.5, 0.6) is 0 Å². The van der Waals surface area contributed by atoms with E-state index in [-0.39, 0.29) is 5.91 Å². The largest absolute Gasteiger partial charge is 0.328 e. The summed E-state index contributed by atoms with van der Waals surface area (Å²) in [5.74, 6) is -0.197. The lowest BCUT2D eigenvalue weighted by atomic mass is 10.1. The fourth-order valence-electron chi connectivity index (χ4n) is 3.40. The van der Waals surface area contributed by atoms with Crippen molar-refractivity contribution in [3.63, 3.8) is 0 Å². The van der Waals surface area contributed by atoms with Crippen molar-refractivity contribution in [3.8, 4) is 16.8 Å². The fourth-order valence-corrected chi connectivity index (χ4v) is 3.61. The van der Waals surface area contributed by atoms with Crippen molar-refractivity contribution in [2.24, 2.45) is 0 Å². The summed E-state index contributed by atoms with van der Waals surface area (Å²) in [7, 11) is 0. The molecule has 1 saturated heterocycles. The molecule has 0 atom stereocenters. The summed E-state index contributed by atoms with van der Waals surface area (Å²) < 4.78 is 2.19.